The lowest BCUT2D eigenvalue weighted by Crippen LogP contribution is -2.30. The summed E-state index contributed by atoms with van der Waals surface area (Å²) in [5.74, 6) is -2.35. The number of aromatic amines is 2. The van der Waals surface area contributed by atoms with Crippen molar-refractivity contribution >= 4 is 11.9 Å². The summed E-state index contributed by atoms with van der Waals surface area (Å²) in [5.41, 5.74) is -2.13. The molecular weight excluding hydrogens is 244 g/mol. The molecule has 0 radical (unpaired) electrons. The summed E-state index contributed by atoms with van der Waals surface area (Å²) in [6, 6.07) is 0. The van der Waals surface area contributed by atoms with E-state index in [0.717, 1.165) is 0 Å². The molecule has 0 fully saturated rings. The quantitative estimate of drug-likeness (QED) is 0.508. The molecule has 1 heterocycles. The molecule has 18 heavy (non-hydrogen) atoms. The van der Waals surface area contributed by atoms with Crippen molar-refractivity contribution in [3.63, 3.8) is 0 Å². The van der Waals surface area contributed by atoms with Gasteiger partial charge in [0.15, 0.2) is 0 Å². The van der Waals surface area contributed by atoms with E-state index < -0.39 is 28.9 Å². The maximum atomic E-state index is 11.4. The van der Waals surface area contributed by atoms with Gasteiger partial charge in [-0.25, -0.2) is 9.59 Å². The molecule has 1 aromatic heterocycles. The van der Waals surface area contributed by atoms with Crippen molar-refractivity contribution in [2.24, 2.45) is 0 Å². The average molecular weight is 256 g/mol. The molecule has 0 aromatic carbocycles. The number of rotatable bonds is 6. The van der Waals surface area contributed by atoms with Crippen LogP contribution in [0.25, 0.3) is 0 Å². The van der Waals surface area contributed by atoms with Gasteiger partial charge < -0.3 is 15.2 Å². The summed E-state index contributed by atoms with van der Waals surface area (Å²) < 4.78 is 0. The third kappa shape index (κ3) is 3.58. The third-order valence-corrected chi connectivity index (χ3v) is 2.32. The van der Waals surface area contributed by atoms with Crippen LogP contribution >= 0.6 is 0 Å². The van der Waals surface area contributed by atoms with Crippen molar-refractivity contribution in [3.05, 3.63) is 32.1 Å². The van der Waals surface area contributed by atoms with E-state index in [1.165, 1.54) is 0 Å². The topological polar surface area (TPSA) is 140 Å². The molecule has 1 aromatic rings. The molecule has 8 heteroatoms. The lowest BCUT2D eigenvalue weighted by atomic mass is 10.1. The fourth-order valence-electron chi connectivity index (χ4n) is 1.51. The van der Waals surface area contributed by atoms with Crippen molar-refractivity contribution in [3.8, 4) is 0 Å². The number of aromatic nitrogens is 2. The van der Waals surface area contributed by atoms with E-state index in [4.69, 9.17) is 10.2 Å². The van der Waals surface area contributed by atoms with E-state index in [0.29, 0.717) is 12.8 Å². The Kier molecular flexibility index (Phi) is 4.41. The van der Waals surface area contributed by atoms with Crippen molar-refractivity contribution < 1.29 is 19.8 Å². The van der Waals surface area contributed by atoms with Crippen LogP contribution in [-0.2, 0) is 11.2 Å². The number of carboxylic acids is 2. The highest BCUT2D eigenvalue weighted by Crippen LogP contribution is 2.05. The van der Waals surface area contributed by atoms with Gasteiger partial charge in [0.05, 0.1) is 0 Å². The van der Waals surface area contributed by atoms with Gasteiger partial charge in [-0.05, 0) is 19.3 Å². The molecule has 0 aliphatic heterocycles. The van der Waals surface area contributed by atoms with Crippen LogP contribution < -0.4 is 11.2 Å². The number of hydrogen-bond acceptors (Lipinski definition) is 4. The number of carboxylic acid groups (broad SMARTS) is 2. The normalized spacial score (nSPS) is 10.2. The molecule has 0 saturated heterocycles. The first-order valence-electron chi connectivity index (χ1n) is 5.22. The number of unbranched alkanes of at least 4 members (excludes halogenated alkanes) is 1. The predicted molar refractivity (Wildman–Crippen MR) is 59.8 cm³/mol. The van der Waals surface area contributed by atoms with E-state index in [-0.39, 0.29) is 18.4 Å². The Hall–Kier alpha value is -2.38. The van der Waals surface area contributed by atoms with Gasteiger partial charge in [-0.2, -0.15) is 0 Å². The predicted octanol–water partition coefficient (Wildman–Crippen LogP) is -0.441. The van der Waals surface area contributed by atoms with Crippen LogP contribution in [0.3, 0.4) is 0 Å². The summed E-state index contributed by atoms with van der Waals surface area (Å²) in [6.07, 6.45) is 0.722. The monoisotopic (exact) mass is 256 g/mol. The standard InChI is InChI=1S/C10H12N2O6/c13-6(14)4-2-1-3-5-7(9(16)17)11-10(18)12-8(5)15/h1-4H2,(H,13,14)(H,16,17)(H2,11,12,15,18). The fourth-order valence-corrected chi connectivity index (χ4v) is 1.51. The largest absolute Gasteiger partial charge is 0.481 e. The Bertz CT molecular complexity index is 570. The van der Waals surface area contributed by atoms with E-state index in [1.807, 2.05) is 9.97 Å². The van der Waals surface area contributed by atoms with Crippen LogP contribution in [0, 0.1) is 0 Å². The highest BCUT2D eigenvalue weighted by Gasteiger charge is 2.15. The van der Waals surface area contributed by atoms with Crippen molar-refractivity contribution in [2.45, 2.75) is 25.7 Å². The van der Waals surface area contributed by atoms with E-state index in [1.54, 1.807) is 0 Å². The molecule has 0 bridgehead atoms. The minimum Gasteiger partial charge on any atom is -0.481 e. The van der Waals surface area contributed by atoms with Crippen LogP contribution in [0.1, 0.15) is 35.3 Å². The Balaban J connectivity index is 2.87. The Morgan fingerprint density at radius 3 is 2.28 bits per heavy atom. The van der Waals surface area contributed by atoms with Crippen LogP contribution in [0.2, 0.25) is 0 Å². The van der Waals surface area contributed by atoms with Crippen molar-refractivity contribution in [1.29, 1.82) is 0 Å². The minimum atomic E-state index is -1.40. The van der Waals surface area contributed by atoms with Gasteiger partial charge in [-0.15, -0.1) is 0 Å². The molecule has 8 nitrogen and oxygen atoms in total. The van der Waals surface area contributed by atoms with Gasteiger partial charge in [-0.3, -0.25) is 14.6 Å². The van der Waals surface area contributed by atoms with Gasteiger partial charge in [0.2, 0.25) is 0 Å². The molecule has 0 saturated carbocycles. The molecule has 0 amide bonds. The SMILES string of the molecule is O=C(O)CCCCc1c(C(=O)O)[nH]c(=O)[nH]c1=O. The second-order valence-electron chi connectivity index (χ2n) is 3.67. The molecule has 0 unspecified atom stereocenters. The fraction of sp³-hybridized carbons (Fsp3) is 0.400. The number of carbonyl (C=O) groups is 2. The number of H-pyrrole nitrogens is 2. The smallest absolute Gasteiger partial charge is 0.352 e. The maximum Gasteiger partial charge on any atom is 0.352 e. The summed E-state index contributed by atoms with van der Waals surface area (Å²) in [4.78, 5) is 47.5. The van der Waals surface area contributed by atoms with E-state index in [2.05, 4.69) is 0 Å². The molecule has 0 aliphatic rings. The molecule has 98 valence electrons. The van der Waals surface area contributed by atoms with Gasteiger partial charge in [0.25, 0.3) is 5.56 Å². The zero-order valence-electron chi connectivity index (χ0n) is 9.36. The molecule has 0 atom stereocenters. The highest BCUT2D eigenvalue weighted by atomic mass is 16.4. The van der Waals surface area contributed by atoms with Gasteiger partial charge >= 0.3 is 17.6 Å². The number of aliphatic carboxylic acids is 1. The summed E-state index contributed by atoms with van der Waals surface area (Å²) >= 11 is 0. The highest BCUT2D eigenvalue weighted by molar-refractivity contribution is 5.86. The Labute approximate surface area is 100 Å². The lowest BCUT2D eigenvalue weighted by Gasteiger charge is -2.03. The first-order chi connectivity index (χ1) is 8.41. The molecule has 4 N–H and O–H groups in total. The second kappa shape index (κ2) is 5.80. The first kappa shape index (κ1) is 13.7. The molecule has 1 rings (SSSR count). The van der Waals surface area contributed by atoms with Gasteiger partial charge in [0, 0.05) is 12.0 Å². The third-order valence-electron chi connectivity index (χ3n) is 2.32. The maximum absolute atomic E-state index is 11.4. The number of nitrogens with one attached hydrogen (secondary N) is 2. The van der Waals surface area contributed by atoms with Gasteiger partial charge in [-0.1, -0.05) is 0 Å². The molecular formula is C10H12N2O6. The summed E-state index contributed by atoms with van der Waals surface area (Å²) in [6.45, 7) is 0. The molecule has 0 aliphatic carbocycles. The van der Waals surface area contributed by atoms with Crippen molar-refractivity contribution in [1.82, 2.24) is 9.97 Å². The average Bonchev–Trinajstić information content (AvgIpc) is 2.25. The van der Waals surface area contributed by atoms with Crippen LogP contribution in [0.15, 0.2) is 9.59 Å². The minimum absolute atomic E-state index is 0.0486. The number of hydrogen-bond donors (Lipinski definition) is 4. The Morgan fingerprint density at radius 2 is 1.72 bits per heavy atom. The lowest BCUT2D eigenvalue weighted by molar-refractivity contribution is -0.137. The zero-order valence-corrected chi connectivity index (χ0v) is 9.36. The van der Waals surface area contributed by atoms with Crippen LogP contribution in [0.5, 0.6) is 0 Å². The summed E-state index contributed by atoms with van der Waals surface area (Å²) in [5, 5.41) is 17.3. The number of aromatic carboxylic acids is 1. The van der Waals surface area contributed by atoms with Crippen LogP contribution in [0.4, 0.5) is 0 Å². The van der Waals surface area contributed by atoms with E-state index >= 15 is 0 Å². The van der Waals surface area contributed by atoms with Gasteiger partial charge in [0.1, 0.15) is 5.69 Å². The second-order valence-corrected chi connectivity index (χ2v) is 3.67. The summed E-state index contributed by atoms with van der Waals surface area (Å²) in [7, 11) is 0. The molecule has 0 spiro atoms. The van der Waals surface area contributed by atoms with Crippen LogP contribution in [-0.4, -0.2) is 32.1 Å². The van der Waals surface area contributed by atoms with Crippen molar-refractivity contribution in [2.75, 3.05) is 0 Å². The first-order valence-corrected chi connectivity index (χ1v) is 5.22. The van der Waals surface area contributed by atoms with E-state index in [9.17, 15) is 19.2 Å². The Morgan fingerprint density at radius 1 is 1.06 bits per heavy atom. The zero-order chi connectivity index (χ0) is 13.7.